The Morgan fingerprint density at radius 1 is 1.10 bits per heavy atom. The molecule has 4 rings (SSSR count). The zero-order valence-corrected chi connectivity index (χ0v) is 17.7. The van der Waals surface area contributed by atoms with Gasteiger partial charge in [0, 0.05) is 23.7 Å². The Kier molecular flexibility index (Phi) is 6.09. The first-order valence-electron chi connectivity index (χ1n) is 9.45. The van der Waals surface area contributed by atoms with Crippen molar-refractivity contribution in [3.05, 3.63) is 48.5 Å². The first kappa shape index (κ1) is 20.9. The summed E-state index contributed by atoms with van der Waals surface area (Å²) in [6.45, 7) is 1.09. The summed E-state index contributed by atoms with van der Waals surface area (Å²) in [6.07, 6.45) is 0. The second-order valence-corrected chi connectivity index (χ2v) is 9.78. The van der Waals surface area contributed by atoms with E-state index in [0.29, 0.717) is 24.6 Å². The first-order chi connectivity index (χ1) is 14.4. The van der Waals surface area contributed by atoms with Gasteiger partial charge < -0.3 is 15.0 Å². The van der Waals surface area contributed by atoms with Crippen LogP contribution in [0.4, 0.5) is 11.4 Å². The molecule has 2 aromatic rings. The quantitative estimate of drug-likeness (QED) is 0.751. The van der Waals surface area contributed by atoms with Gasteiger partial charge >= 0.3 is 0 Å². The molecule has 0 atom stereocenters. The molecule has 0 aliphatic carbocycles. The van der Waals surface area contributed by atoms with Gasteiger partial charge in [0.05, 0.1) is 29.5 Å². The maximum absolute atomic E-state index is 13.0. The molecule has 2 heterocycles. The highest BCUT2D eigenvalue weighted by molar-refractivity contribution is 8.00. The second-order valence-electron chi connectivity index (χ2n) is 6.83. The Morgan fingerprint density at radius 2 is 1.83 bits per heavy atom. The molecule has 30 heavy (non-hydrogen) atoms. The van der Waals surface area contributed by atoms with Crippen molar-refractivity contribution >= 4 is 45.0 Å². The van der Waals surface area contributed by atoms with Gasteiger partial charge in [-0.3, -0.25) is 9.59 Å². The molecule has 10 heteroatoms. The van der Waals surface area contributed by atoms with Gasteiger partial charge in [0.15, 0.2) is 0 Å². The van der Waals surface area contributed by atoms with Crippen LogP contribution in [0.2, 0.25) is 0 Å². The Balaban J connectivity index is 1.59. The number of amides is 2. The molecular weight excluding hydrogens is 426 g/mol. The van der Waals surface area contributed by atoms with Crippen LogP contribution in [0, 0.1) is 0 Å². The van der Waals surface area contributed by atoms with Crippen molar-refractivity contribution < 1.29 is 22.7 Å². The van der Waals surface area contributed by atoms with E-state index in [1.807, 2.05) is 6.07 Å². The number of ether oxygens (including phenoxy) is 1. The van der Waals surface area contributed by atoms with Crippen LogP contribution in [0.25, 0.3) is 0 Å². The van der Waals surface area contributed by atoms with Crippen molar-refractivity contribution in [3.8, 4) is 0 Å². The lowest BCUT2D eigenvalue weighted by Gasteiger charge is -2.30. The molecule has 2 amide bonds. The number of nitrogens with zero attached hydrogens (tertiary/aromatic N) is 2. The monoisotopic (exact) mass is 447 g/mol. The van der Waals surface area contributed by atoms with Crippen LogP contribution in [0.5, 0.6) is 0 Å². The predicted octanol–water partition coefficient (Wildman–Crippen LogP) is 1.78. The topological polar surface area (TPSA) is 96.0 Å². The standard InChI is InChI=1S/C20H21N3O5S2/c24-19(21-15-4-2-1-3-5-15)13-23-17-12-16(6-7-18(17)29-14-20(23)25)30(26,27)22-8-10-28-11-9-22/h1-7,12H,8-11,13-14H2,(H,21,24). The van der Waals surface area contributed by atoms with E-state index >= 15 is 0 Å². The number of nitrogens with one attached hydrogen (secondary N) is 1. The smallest absolute Gasteiger partial charge is 0.244 e. The third-order valence-electron chi connectivity index (χ3n) is 4.84. The molecule has 2 aliphatic rings. The third-order valence-corrected chi connectivity index (χ3v) is 7.78. The number of carbonyl (C=O) groups is 2. The van der Waals surface area contributed by atoms with Crippen LogP contribution >= 0.6 is 11.8 Å². The maximum atomic E-state index is 13.0. The van der Waals surface area contributed by atoms with Gasteiger partial charge in [-0.15, -0.1) is 11.8 Å². The highest BCUT2D eigenvalue weighted by Crippen LogP contribution is 2.37. The zero-order valence-electron chi connectivity index (χ0n) is 16.1. The fraction of sp³-hybridized carbons (Fsp3) is 0.300. The predicted molar refractivity (Wildman–Crippen MR) is 114 cm³/mol. The summed E-state index contributed by atoms with van der Waals surface area (Å²) >= 11 is 1.34. The number of benzene rings is 2. The summed E-state index contributed by atoms with van der Waals surface area (Å²) < 4.78 is 32.6. The first-order valence-corrected chi connectivity index (χ1v) is 11.9. The van der Waals surface area contributed by atoms with Gasteiger partial charge in [0.25, 0.3) is 0 Å². The fourth-order valence-corrected chi connectivity index (χ4v) is 5.66. The molecule has 158 valence electrons. The normalized spacial score (nSPS) is 17.5. The largest absolute Gasteiger partial charge is 0.379 e. The lowest BCUT2D eigenvalue weighted by atomic mass is 10.2. The lowest BCUT2D eigenvalue weighted by molar-refractivity contribution is -0.120. The number of hydrogen-bond acceptors (Lipinski definition) is 6. The number of rotatable bonds is 5. The Labute approximate surface area is 179 Å². The van der Waals surface area contributed by atoms with Crippen LogP contribution in [-0.2, 0) is 24.3 Å². The van der Waals surface area contributed by atoms with Gasteiger partial charge in [0.2, 0.25) is 21.8 Å². The second kappa shape index (κ2) is 8.76. The molecule has 0 saturated carbocycles. The number of fused-ring (bicyclic) bond motifs is 1. The van der Waals surface area contributed by atoms with Crippen molar-refractivity contribution in [3.63, 3.8) is 0 Å². The molecule has 0 aromatic heterocycles. The Morgan fingerprint density at radius 3 is 2.57 bits per heavy atom. The Bertz CT molecular complexity index is 1050. The third kappa shape index (κ3) is 4.36. The molecule has 0 unspecified atom stereocenters. The summed E-state index contributed by atoms with van der Waals surface area (Å²) in [4.78, 5) is 27.3. The van der Waals surface area contributed by atoms with Crippen molar-refractivity contribution in [1.82, 2.24) is 4.31 Å². The van der Waals surface area contributed by atoms with E-state index < -0.39 is 10.0 Å². The summed E-state index contributed by atoms with van der Waals surface area (Å²) in [7, 11) is -3.71. The molecular formula is C20H21N3O5S2. The van der Waals surface area contributed by atoms with Crippen molar-refractivity contribution in [2.24, 2.45) is 0 Å². The van der Waals surface area contributed by atoms with E-state index in [9.17, 15) is 18.0 Å². The van der Waals surface area contributed by atoms with Gasteiger partial charge in [-0.1, -0.05) is 18.2 Å². The number of anilines is 2. The lowest BCUT2D eigenvalue weighted by Crippen LogP contribution is -2.42. The number of carbonyl (C=O) groups excluding carboxylic acids is 2. The molecule has 0 bridgehead atoms. The summed E-state index contributed by atoms with van der Waals surface area (Å²) in [5.74, 6) is -0.397. The fourth-order valence-electron chi connectivity index (χ4n) is 3.32. The minimum atomic E-state index is -3.71. The van der Waals surface area contributed by atoms with Crippen molar-refractivity contribution in [2.45, 2.75) is 9.79 Å². The van der Waals surface area contributed by atoms with Gasteiger partial charge in [-0.05, 0) is 30.3 Å². The highest BCUT2D eigenvalue weighted by atomic mass is 32.2. The van der Waals surface area contributed by atoms with Crippen LogP contribution in [0.15, 0.2) is 58.3 Å². The number of morpholine rings is 1. The van der Waals surface area contributed by atoms with Gasteiger partial charge in [-0.2, -0.15) is 4.31 Å². The van der Waals surface area contributed by atoms with Crippen LogP contribution in [0.3, 0.4) is 0 Å². The highest BCUT2D eigenvalue weighted by Gasteiger charge is 2.31. The van der Waals surface area contributed by atoms with E-state index in [-0.39, 0.29) is 42.1 Å². The van der Waals surface area contributed by atoms with Crippen molar-refractivity contribution in [2.75, 3.05) is 48.8 Å². The summed E-state index contributed by atoms with van der Waals surface area (Å²) in [6, 6.07) is 13.7. The minimum Gasteiger partial charge on any atom is -0.379 e. The van der Waals surface area contributed by atoms with Crippen LogP contribution in [0.1, 0.15) is 0 Å². The number of sulfonamides is 1. The number of para-hydroxylation sites is 1. The molecule has 2 aliphatic heterocycles. The summed E-state index contributed by atoms with van der Waals surface area (Å²) in [5, 5.41) is 2.76. The number of hydrogen-bond donors (Lipinski definition) is 1. The van der Waals surface area contributed by atoms with E-state index in [4.69, 9.17) is 4.74 Å². The van der Waals surface area contributed by atoms with Crippen LogP contribution in [-0.4, -0.2) is 63.1 Å². The van der Waals surface area contributed by atoms with Gasteiger partial charge in [0.1, 0.15) is 6.54 Å². The Hall–Kier alpha value is -2.40. The van der Waals surface area contributed by atoms with Crippen LogP contribution < -0.4 is 10.2 Å². The molecule has 1 fully saturated rings. The SMILES string of the molecule is O=C(CN1C(=O)CSc2ccc(S(=O)(=O)N3CCOCC3)cc21)Nc1ccccc1. The average Bonchev–Trinajstić information content (AvgIpc) is 2.76. The van der Waals surface area contributed by atoms with E-state index in [1.165, 1.54) is 27.0 Å². The zero-order chi connectivity index (χ0) is 21.1. The summed E-state index contributed by atoms with van der Waals surface area (Å²) in [5.41, 5.74) is 1.07. The van der Waals surface area contributed by atoms with E-state index in [2.05, 4.69) is 5.32 Å². The molecule has 1 saturated heterocycles. The molecule has 1 N–H and O–H groups in total. The van der Waals surface area contributed by atoms with Crippen molar-refractivity contribution in [1.29, 1.82) is 0 Å². The maximum Gasteiger partial charge on any atom is 0.244 e. The van der Waals surface area contributed by atoms with Gasteiger partial charge in [-0.25, -0.2) is 8.42 Å². The molecule has 0 spiro atoms. The molecule has 2 aromatic carbocycles. The minimum absolute atomic E-state index is 0.104. The average molecular weight is 448 g/mol. The van der Waals surface area contributed by atoms with E-state index in [0.717, 1.165) is 4.90 Å². The molecule has 8 nitrogen and oxygen atoms in total. The molecule has 0 radical (unpaired) electrons. The van der Waals surface area contributed by atoms with E-state index in [1.54, 1.807) is 36.4 Å². The number of thioether (sulfide) groups is 1.